The molecular formula is C16H17N3O2. The second-order valence-corrected chi connectivity index (χ2v) is 4.34. The van der Waals surface area contributed by atoms with E-state index in [1.807, 2.05) is 6.92 Å². The summed E-state index contributed by atoms with van der Waals surface area (Å²) >= 11 is 0. The number of hydrogen-bond donors (Lipinski definition) is 2. The normalized spacial score (nSPS) is 9.81. The van der Waals surface area contributed by atoms with Gasteiger partial charge in [-0.1, -0.05) is 18.8 Å². The summed E-state index contributed by atoms with van der Waals surface area (Å²) in [4.78, 5) is 16.1. The van der Waals surface area contributed by atoms with Crippen LogP contribution in [0.3, 0.4) is 0 Å². The van der Waals surface area contributed by atoms with Crippen molar-refractivity contribution < 1.29 is 9.21 Å². The molecular weight excluding hydrogens is 266 g/mol. The molecule has 21 heavy (non-hydrogen) atoms. The average molecular weight is 283 g/mol. The van der Waals surface area contributed by atoms with Crippen LogP contribution < -0.4 is 11.1 Å². The average Bonchev–Trinajstić information content (AvgIpc) is 2.99. The number of nitrogens with zero attached hydrogens (tertiary/aromatic N) is 1. The van der Waals surface area contributed by atoms with E-state index < -0.39 is 0 Å². The molecule has 0 fully saturated rings. The lowest BCUT2D eigenvalue weighted by atomic mass is 10.1. The quantitative estimate of drug-likeness (QED) is 0.833. The van der Waals surface area contributed by atoms with Gasteiger partial charge in [0, 0.05) is 17.5 Å². The number of carbonyl (C=O) groups excluding carboxylic acids is 1. The summed E-state index contributed by atoms with van der Waals surface area (Å²) in [5, 5.41) is 2.76. The molecule has 1 aromatic carbocycles. The monoisotopic (exact) mass is 283 g/mol. The number of nitrogens with one attached hydrogen (secondary N) is 1. The SMILES string of the molecule is CCc1cnc(CNC(=O)c2ccc(C#CCN)cc2)o1. The lowest BCUT2D eigenvalue weighted by Crippen LogP contribution is -2.22. The molecule has 2 rings (SSSR count). The Morgan fingerprint density at radius 3 is 2.76 bits per heavy atom. The van der Waals surface area contributed by atoms with Gasteiger partial charge >= 0.3 is 0 Å². The molecule has 0 radical (unpaired) electrons. The summed E-state index contributed by atoms with van der Waals surface area (Å²) in [5.41, 5.74) is 6.70. The van der Waals surface area contributed by atoms with Gasteiger partial charge in [-0.3, -0.25) is 4.79 Å². The van der Waals surface area contributed by atoms with Crippen molar-refractivity contribution in [1.29, 1.82) is 0 Å². The highest BCUT2D eigenvalue weighted by atomic mass is 16.4. The van der Waals surface area contributed by atoms with Crippen molar-refractivity contribution in [2.45, 2.75) is 19.9 Å². The van der Waals surface area contributed by atoms with Crippen LogP contribution in [0.2, 0.25) is 0 Å². The number of amides is 1. The molecule has 1 amide bonds. The fraction of sp³-hybridized carbons (Fsp3) is 0.250. The number of aryl methyl sites for hydroxylation is 1. The molecule has 0 aliphatic carbocycles. The van der Waals surface area contributed by atoms with Gasteiger partial charge < -0.3 is 15.5 Å². The van der Waals surface area contributed by atoms with E-state index in [9.17, 15) is 4.79 Å². The predicted octanol–water partition coefficient (Wildman–Crippen LogP) is 1.48. The first-order valence-electron chi connectivity index (χ1n) is 6.73. The number of rotatable bonds is 4. The second kappa shape index (κ2) is 7.27. The molecule has 0 saturated heterocycles. The van der Waals surface area contributed by atoms with Crippen molar-refractivity contribution in [2.24, 2.45) is 5.73 Å². The highest BCUT2D eigenvalue weighted by Gasteiger charge is 2.07. The zero-order chi connectivity index (χ0) is 15.1. The zero-order valence-corrected chi connectivity index (χ0v) is 11.8. The minimum atomic E-state index is -0.176. The minimum absolute atomic E-state index is 0.176. The largest absolute Gasteiger partial charge is 0.444 e. The van der Waals surface area contributed by atoms with Gasteiger partial charge in [-0.25, -0.2) is 4.98 Å². The third-order valence-electron chi connectivity index (χ3n) is 2.83. The molecule has 2 aromatic rings. The fourth-order valence-electron chi connectivity index (χ4n) is 1.71. The van der Waals surface area contributed by atoms with Gasteiger partial charge in [0.1, 0.15) is 5.76 Å². The van der Waals surface area contributed by atoms with Crippen LogP contribution in [-0.2, 0) is 13.0 Å². The van der Waals surface area contributed by atoms with E-state index >= 15 is 0 Å². The molecule has 5 nitrogen and oxygen atoms in total. The number of hydrogen-bond acceptors (Lipinski definition) is 4. The molecule has 3 N–H and O–H groups in total. The van der Waals surface area contributed by atoms with Gasteiger partial charge in [-0.05, 0) is 24.3 Å². The van der Waals surface area contributed by atoms with Crippen molar-refractivity contribution in [2.75, 3.05) is 6.54 Å². The third kappa shape index (κ3) is 4.20. The fourth-order valence-corrected chi connectivity index (χ4v) is 1.71. The van der Waals surface area contributed by atoms with Gasteiger partial charge in [0.25, 0.3) is 5.91 Å². The van der Waals surface area contributed by atoms with E-state index in [4.69, 9.17) is 10.2 Å². The highest BCUT2D eigenvalue weighted by molar-refractivity contribution is 5.94. The number of aromatic nitrogens is 1. The molecule has 0 saturated carbocycles. The molecule has 0 spiro atoms. The molecule has 0 aliphatic rings. The van der Waals surface area contributed by atoms with Gasteiger partial charge in [-0.15, -0.1) is 0 Å². The van der Waals surface area contributed by atoms with Crippen LogP contribution in [0.1, 0.15) is 34.5 Å². The standard InChI is InChI=1S/C16H17N3O2/c1-2-14-10-18-15(21-14)11-19-16(20)13-7-5-12(6-8-13)4-3-9-17/h5-8,10H,2,9,11,17H2,1H3,(H,19,20). The van der Waals surface area contributed by atoms with Gasteiger partial charge in [0.15, 0.2) is 0 Å². The van der Waals surface area contributed by atoms with Crippen LogP contribution in [0.4, 0.5) is 0 Å². The van der Waals surface area contributed by atoms with Gasteiger partial charge in [-0.2, -0.15) is 0 Å². The van der Waals surface area contributed by atoms with Crippen molar-refractivity contribution in [3.63, 3.8) is 0 Å². The van der Waals surface area contributed by atoms with Crippen LogP contribution in [0.25, 0.3) is 0 Å². The summed E-state index contributed by atoms with van der Waals surface area (Å²) in [6.45, 7) is 2.57. The van der Waals surface area contributed by atoms with Crippen molar-refractivity contribution in [3.05, 3.63) is 53.2 Å². The molecule has 1 heterocycles. The summed E-state index contributed by atoms with van der Waals surface area (Å²) in [6.07, 6.45) is 2.46. The molecule has 0 aliphatic heterocycles. The molecule has 0 bridgehead atoms. The second-order valence-electron chi connectivity index (χ2n) is 4.34. The summed E-state index contributed by atoms with van der Waals surface area (Å²) in [5.74, 6) is 6.81. The van der Waals surface area contributed by atoms with E-state index in [-0.39, 0.29) is 12.5 Å². The Hall–Kier alpha value is -2.58. The number of carbonyl (C=O) groups is 1. The summed E-state index contributed by atoms with van der Waals surface area (Å²) < 4.78 is 5.43. The molecule has 108 valence electrons. The smallest absolute Gasteiger partial charge is 0.251 e. The Labute approximate surface area is 123 Å². The zero-order valence-electron chi connectivity index (χ0n) is 11.8. The highest BCUT2D eigenvalue weighted by Crippen LogP contribution is 2.06. The maximum Gasteiger partial charge on any atom is 0.251 e. The number of nitrogens with two attached hydrogens (primary N) is 1. The summed E-state index contributed by atoms with van der Waals surface area (Å²) in [6, 6.07) is 7.03. The Morgan fingerprint density at radius 1 is 1.38 bits per heavy atom. The Kier molecular flexibility index (Phi) is 5.13. The van der Waals surface area contributed by atoms with Crippen LogP contribution in [0, 0.1) is 11.8 Å². The van der Waals surface area contributed by atoms with E-state index in [1.54, 1.807) is 30.5 Å². The first kappa shape index (κ1) is 14.8. The van der Waals surface area contributed by atoms with E-state index in [0.29, 0.717) is 18.0 Å². The third-order valence-corrected chi connectivity index (χ3v) is 2.83. The lowest BCUT2D eigenvalue weighted by Gasteiger charge is -2.02. The summed E-state index contributed by atoms with van der Waals surface area (Å²) in [7, 11) is 0. The van der Waals surface area contributed by atoms with Crippen molar-refractivity contribution in [3.8, 4) is 11.8 Å². The van der Waals surface area contributed by atoms with Gasteiger partial charge in [0.2, 0.25) is 5.89 Å². The Bertz CT molecular complexity index is 663. The van der Waals surface area contributed by atoms with Crippen molar-refractivity contribution in [1.82, 2.24) is 10.3 Å². The van der Waals surface area contributed by atoms with Gasteiger partial charge in [0.05, 0.1) is 19.3 Å². The Balaban J connectivity index is 1.93. The van der Waals surface area contributed by atoms with Crippen molar-refractivity contribution >= 4 is 5.91 Å². The maximum atomic E-state index is 12.0. The molecule has 0 unspecified atom stereocenters. The predicted molar refractivity (Wildman–Crippen MR) is 79.4 cm³/mol. The lowest BCUT2D eigenvalue weighted by molar-refractivity contribution is 0.0947. The van der Waals surface area contributed by atoms with E-state index in [1.165, 1.54) is 0 Å². The Morgan fingerprint density at radius 2 is 2.14 bits per heavy atom. The number of benzene rings is 1. The minimum Gasteiger partial charge on any atom is -0.444 e. The molecule has 5 heteroatoms. The van der Waals surface area contributed by atoms with Crippen LogP contribution in [-0.4, -0.2) is 17.4 Å². The topological polar surface area (TPSA) is 81.2 Å². The van der Waals surface area contributed by atoms with Crippen LogP contribution in [0.5, 0.6) is 0 Å². The maximum absolute atomic E-state index is 12.0. The molecule has 1 aromatic heterocycles. The van der Waals surface area contributed by atoms with E-state index in [2.05, 4.69) is 22.1 Å². The van der Waals surface area contributed by atoms with Crippen LogP contribution >= 0.6 is 0 Å². The molecule has 0 atom stereocenters. The first-order chi connectivity index (χ1) is 10.2. The first-order valence-corrected chi connectivity index (χ1v) is 6.73. The van der Waals surface area contributed by atoms with Crippen LogP contribution in [0.15, 0.2) is 34.9 Å². The number of oxazole rings is 1. The van der Waals surface area contributed by atoms with E-state index in [0.717, 1.165) is 17.7 Å².